The Bertz CT molecular complexity index is 2280. The molecule has 0 aliphatic heterocycles. The number of sulfone groups is 3. The van der Waals surface area contributed by atoms with Gasteiger partial charge in [-0.15, -0.1) is 0 Å². The van der Waals surface area contributed by atoms with Crippen molar-refractivity contribution in [2.75, 3.05) is 32.8 Å². The molecule has 290 valence electrons. The van der Waals surface area contributed by atoms with Crippen molar-refractivity contribution in [3.05, 3.63) is 112 Å². The maximum absolute atomic E-state index is 13.2. The Morgan fingerprint density at radius 3 is 1.31 bits per heavy atom. The van der Waals surface area contributed by atoms with Gasteiger partial charge < -0.3 is 25.1 Å². The summed E-state index contributed by atoms with van der Waals surface area (Å²) < 4.78 is 104. The maximum atomic E-state index is 13.2. The van der Waals surface area contributed by atoms with Crippen LogP contribution in [0.3, 0.4) is 0 Å². The highest BCUT2D eigenvalue weighted by Gasteiger charge is 2.38. The summed E-state index contributed by atoms with van der Waals surface area (Å²) in [7, 11) is -13.1. The van der Waals surface area contributed by atoms with Crippen LogP contribution in [0.25, 0.3) is 0 Å². The van der Waals surface area contributed by atoms with Crippen molar-refractivity contribution in [1.82, 2.24) is 20.4 Å². The number of nitrogens with zero attached hydrogens (tertiary/aromatic N) is 7. The largest absolute Gasteiger partial charge is 0.453 e. The zero-order chi connectivity index (χ0) is 39.2. The van der Waals surface area contributed by atoms with E-state index in [0.717, 1.165) is 0 Å². The van der Waals surface area contributed by atoms with Gasteiger partial charge in [0.25, 0.3) is 29.5 Å². The van der Waals surface area contributed by atoms with E-state index < -0.39 is 56.3 Å². The van der Waals surface area contributed by atoms with Crippen LogP contribution in [-0.2, 0) is 35.9 Å². The minimum Gasteiger partial charge on any atom is -0.453 e. The molecule has 0 atom stereocenters. The lowest BCUT2D eigenvalue weighted by Crippen LogP contribution is -2.35. The lowest BCUT2D eigenvalue weighted by molar-refractivity contribution is -0.832. The molecule has 0 amide bonds. The van der Waals surface area contributed by atoms with Crippen LogP contribution in [0.15, 0.2) is 135 Å². The van der Waals surface area contributed by atoms with Crippen molar-refractivity contribution in [3.8, 4) is 11.8 Å². The predicted molar refractivity (Wildman–Crippen MR) is 178 cm³/mol. The molecule has 0 bridgehead atoms. The average Bonchev–Trinajstić information content (AvgIpc) is 3.88. The highest BCUT2D eigenvalue weighted by atomic mass is 32.2. The van der Waals surface area contributed by atoms with Crippen LogP contribution in [0.5, 0.6) is 11.8 Å². The number of aryl methyl sites for hydroxylation is 1. The topological polar surface area (TPSA) is 283 Å². The molecule has 6 rings (SSSR count). The molecule has 24 heteroatoms. The van der Waals surface area contributed by atoms with E-state index in [1.165, 1.54) is 72.8 Å². The molecule has 0 saturated carbocycles. The van der Waals surface area contributed by atoms with Crippen LogP contribution in [0.4, 0.5) is 0 Å². The average molecular weight is 820 g/mol. The van der Waals surface area contributed by atoms with Gasteiger partial charge in [0.05, 0.1) is 25.0 Å². The summed E-state index contributed by atoms with van der Waals surface area (Å²) in [6, 6.07) is 21.3. The lowest BCUT2D eigenvalue weighted by Gasteiger charge is -2.21. The Kier molecular flexibility index (Phi) is 11.3. The summed E-state index contributed by atoms with van der Waals surface area (Å²) in [4.78, 5) is 0.282. The zero-order valence-electron chi connectivity index (χ0n) is 28.2. The number of ether oxygens (including phenoxy) is 2. The van der Waals surface area contributed by atoms with Gasteiger partial charge in [-0.2, -0.15) is 0 Å². The molecule has 0 saturated heterocycles. The molecular weight excluding hydrogens is 791 g/mol. The zero-order valence-corrected chi connectivity index (χ0v) is 30.6. The van der Waals surface area contributed by atoms with E-state index >= 15 is 0 Å². The Labute approximate surface area is 311 Å². The molecule has 3 aromatic heterocycles. The van der Waals surface area contributed by atoms with Crippen molar-refractivity contribution in [2.24, 2.45) is 0 Å². The SMILES string of the molecule is O=S(=O)(c1ccccc1)c1c(CCCN(CCOc2no[n+]([O-])c2S(=O)(=O)c2ccccc2)CCOc2no[n+]([O-])c2S(=O)(=O)c2ccccc2)no[n+]1[O-]. The van der Waals surface area contributed by atoms with E-state index in [-0.39, 0.29) is 80.8 Å². The van der Waals surface area contributed by atoms with E-state index in [2.05, 4.69) is 29.4 Å². The van der Waals surface area contributed by atoms with Gasteiger partial charge in [-0.3, -0.25) is 18.8 Å². The molecule has 55 heavy (non-hydrogen) atoms. The lowest BCUT2D eigenvalue weighted by atomic mass is 10.2. The fraction of sp³-hybridized carbons (Fsp3) is 0.226. The first kappa shape index (κ1) is 38.6. The van der Waals surface area contributed by atoms with Crippen molar-refractivity contribution in [1.29, 1.82) is 0 Å². The molecule has 6 aromatic rings. The standard InChI is InChI=1S/C31H29N7O14S3/c39-36-29(53(42,43)23-11-4-1-5-12-23)26(32-50-36)17-10-18-35(19-21-48-27-30(37(40)51-33-27)54(44,45)24-13-6-2-7-14-24)20-22-49-28-31(38(41)52-34-28)55(46,47)25-15-8-3-9-16-25/h1-9,11-16H,10,17-22H2. The summed E-state index contributed by atoms with van der Waals surface area (Å²) in [6.45, 7) is -0.509. The van der Waals surface area contributed by atoms with E-state index in [4.69, 9.17) is 9.47 Å². The summed E-state index contributed by atoms with van der Waals surface area (Å²) in [5.74, 6) is -1.24. The first-order valence-corrected chi connectivity index (χ1v) is 20.4. The summed E-state index contributed by atoms with van der Waals surface area (Å²) >= 11 is 0. The first-order chi connectivity index (χ1) is 26.3. The van der Waals surface area contributed by atoms with Crippen molar-refractivity contribution in [3.63, 3.8) is 0 Å². The molecule has 0 fully saturated rings. The Hall–Kier alpha value is -6.11. The normalized spacial score (nSPS) is 12.2. The Balaban J connectivity index is 1.18. The monoisotopic (exact) mass is 819 g/mol. The van der Waals surface area contributed by atoms with Gasteiger partial charge in [-0.1, -0.05) is 54.6 Å². The van der Waals surface area contributed by atoms with Crippen molar-refractivity contribution >= 4 is 29.5 Å². The number of aromatic nitrogens is 6. The summed E-state index contributed by atoms with van der Waals surface area (Å²) in [5.41, 5.74) is -0.150. The van der Waals surface area contributed by atoms with Gasteiger partial charge in [0, 0.05) is 24.7 Å². The number of hydrogen-bond donors (Lipinski definition) is 0. The molecule has 3 heterocycles. The highest BCUT2D eigenvalue weighted by molar-refractivity contribution is 7.92. The summed E-state index contributed by atoms with van der Waals surface area (Å²) in [5, 5.41) is 45.1. The van der Waals surface area contributed by atoms with Crippen LogP contribution in [0, 0.1) is 15.6 Å². The van der Waals surface area contributed by atoms with E-state index in [1.54, 1.807) is 23.1 Å². The number of rotatable bonds is 18. The van der Waals surface area contributed by atoms with Gasteiger partial charge >= 0.3 is 26.8 Å². The van der Waals surface area contributed by atoms with E-state index in [1.807, 2.05) is 0 Å². The van der Waals surface area contributed by atoms with Gasteiger partial charge in [0.15, 0.2) is 0 Å². The second-order valence-electron chi connectivity index (χ2n) is 11.4. The Morgan fingerprint density at radius 2 is 0.891 bits per heavy atom. The molecule has 0 aliphatic carbocycles. The highest BCUT2D eigenvalue weighted by Crippen LogP contribution is 2.27. The number of benzene rings is 3. The third-order valence-electron chi connectivity index (χ3n) is 7.84. The van der Waals surface area contributed by atoms with Crippen LogP contribution < -0.4 is 24.2 Å². The minimum absolute atomic E-state index is 0.0228. The molecule has 0 spiro atoms. The van der Waals surface area contributed by atoms with E-state index in [9.17, 15) is 40.9 Å². The van der Waals surface area contributed by atoms with Gasteiger partial charge in [0.2, 0.25) is 5.69 Å². The minimum atomic E-state index is -4.42. The van der Waals surface area contributed by atoms with Crippen LogP contribution >= 0.6 is 0 Å². The molecular formula is C31H29N7O14S3. The molecule has 0 radical (unpaired) electrons. The van der Waals surface area contributed by atoms with Gasteiger partial charge in [-0.25, -0.2) is 25.3 Å². The van der Waals surface area contributed by atoms with Crippen LogP contribution in [0.2, 0.25) is 0 Å². The molecule has 0 N–H and O–H groups in total. The van der Waals surface area contributed by atoms with E-state index in [0.29, 0.717) is 0 Å². The third kappa shape index (κ3) is 8.20. The smallest absolute Gasteiger partial charge is 0.415 e. The van der Waals surface area contributed by atoms with Gasteiger partial charge in [0.1, 0.15) is 13.2 Å². The second-order valence-corrected chi connectivity index (χ2v) is 16.9. The first-order valence-electron chi connectivity index (χ1n) is 16.0. The maximum Gasteiger partial charge on any atom is 0.415 e. The molecule has 21 nitrogen and oxygen atoms in total. The second kappa shape index (κ2) is 16.1. The molecule has 0 unspecified atom stereocenters. The number of hydrogen-bond acceptors (Lipinski definition) is 18. The fourth-order valence-electron chi connectivity index (χ4n) is 5.21. The predicted octanol–water partition coefficient (Wildman–Crippen LogP) is 0.442. The molecule has 3 aromatic carbocycles. The van der Waals surface area contributed by atoms with Crippen LogP contribution in [0.1, 0.15) is 12.1 Å². The van der Waals surface area contributed by atoms with Crippen molar-refractivity contribution in [2.45, 2.75) is 42.6 Å². The van der Waals surface area contributed by atoms with Gasteiger partial charge in [-0.05, 0) is 64.1 Å². The van der Waals surface area contributed by atoms with Crippen LogP contribution in [-0.4, -0.2) is 78.5 Å². The Morgan fingerprint density at radius 1 is 0.527 bits per heavy atom. The summed E-state index contributed by atoms with van der Waals surface area (Å²) in [6.07, 6.45) is 0.0797. The fourth-order valence-corrected chi connectivity index (χ4v) is 9.22. The molecule has 0 aliphatic rings. The third-order valence-corrected chi connectivity index (χ3v) is 13.1. The van der Waals surface area contributed by atoms with Crippen molar-refractivity contribution < 1.29 is 63.3 Å². The quantitative estimate of drug-likeness (QED) is 0.106.